The van der Waals surface area contributed by atoms with Gasteiger partial charge in [0, 0.05) is 22.3 Å². The van der Waals surface area contributed by atoms with Crippen LogP contribution in [0, 0.1) is 0 Å². The van der Waals surface area contributed by atoms with Gasteiger partial charge in [0.15, 0.2) is 10.6 Å². The second-order valence-electron chi connectivity index (χ2n) is 6.67. The number of methoxy groups -OCH3 is 1. The lowest BCUT2D eigenvalue weighted by Crippen LogP contribution is -2.00. The Bertz CT molecular complexity index is 1440. The van der Waals surface area contributed by atoms with Crippen LogP contribution in [0.2, 0.25) is 5.02 Å². The average Bonchev–Trinajstić information content (AvgIpc) is 3.15. The lowest BCUT2D eigenvalue weighted by molar-refractivity contribution is 0.415. The second-order valence-corrected chi connectivity index (χ2v) is 8.14. The van der Waals surface area contributed by atoms with Crippen molar-refractivity contribution in [3.05, 3.63) is 82.0 Å². The molecule has 2 aromatic heterocycles. The molecule has 5 rings (SSSR count). The highest BCUT2D eigenvalue weighted by atomic mass is 35.5. The maximum atomic E-state index is 12.5. The molecule has 0 bridgehead atoms. The Labute approximate surface area is 180 Å². The fraction of sp³-hybridized carbons (Fsp3) is 0.0435. The number of thiazole rings is 1. The monoisotopic (exact) mass is 434 g/mol. The summed E-state index contributed by atoms with van der Waals surface area (Å²) >= 11 is 7.58. The lowest BCUT2D eigenvalue weighted by Gasteiger charge is -2.06. The van der Waals surface area contributed by atoms with Gasteiger partial charge in [-0.15, -0.1) is 0 Å². The zero-order valence-electron chi connectivity index (χ0n) is 15.8. The molecule has 0 aliphatic heterocycles. The summed E-state index contributed by atoms with van der Waals surface area (Å²) in [7, 11) is 1.57. The van der Waals surface area contributed by atoms with E-state index in [-0.39, 0.29) is 5.43 Å². The smallest absolute Gasteiger partial charge is 0.193 e. The Morgan fingerprint density at radius 1 is 1.03 bits per heavy atom. The predicted molar refractivity (Wildman–Crippen MR) is 122 cm³/mol. The molecule has 0 saturated carbocycles. The van der Waals surface area contributed by atoms with E-state index in [1.807, 2.05) is 42.5 Å². The van der Waals surface area contributed by atoms with E-state index in [0.29, 0.717) is 27.5 Å². The molecule has 0 spiro atoms. The highest BCUT2D eigenvalue weighted by Crippen LogP contribution is 2.31. The fourth-order valence-corrected chi connectivity index (χ4v) is 4.36. The molecule has 0 fully saturated rings. The number of rotatable bonds is 4. The summed E-state index contributed by atoms with van der Waals surface area (Å²) in [6.07, 6.45) is 0. The number of hydrogen-bond acceptors (Lipinski definition) is 6. The third-order valence-corrected chi connectivity index (χ3v) is 5.87. The van der Waals surface area contributed by atoms with E-state index < -0.39 is 0 Å². The van der Waals surface area contributed by atoms with Crippen LogP contribution in [0.5, 0.6) is 5.75 Å². The molecule has 0 atom stereocenters. The van der Waals surface area contributed by atoms with Crippen LogP contribution in [0.1, 0.15) is 0 Å². The first-order valence-corrected chi connectivity index (χ1v) is 10.3. The number of anilines is 2. The van der Waals surface area contributed by atoms with Gasteiger partial charge >= 0.3 is 0 Å². The SMILES string of the molecule is COc1ccc2oc(-c3ccc(Nc4nc5ccc(Cl)cc5s4)cc3)cc(=O)c2c1. The van der Waals surface area contributed by atoms with Crippen LogP contribution >= 0.6 is 22.9 Å². The Morgan fingerprint density at radius 2 is 1.87 bits per heavy atom. The molecule has 0 unspecified atom stereocenters. The number of benzene rings is 3. The Kier molecular flexibility index (Phi) is 4.65. The summed E-state index contributed by atoms with van der Waals surface area (Å²) in [4.78, 5) is 17.1. The van der Waals surface area contributed by atoms with Crippen molar-refractivity contribution in [3.8, 4) is 17.1 Å². The van der Waals surface area contributed by atoms with Crippen LogP contribution in [0.15, 0.2) is 75.9 Å². The van der Waals surface area contributed by atoms with Crippen LogP contribution in [0.3, 0.4) is 0 Å². The molecule has 0 aliphatic rings. The number of ether oxygens (including phenoxy) is 1. The van der Waals surface area contributed by atoms with Gasteiger partial charge in [0.2, 0.25) is 0 Å². The van der Waals surface area contributed by atoms with Gasteiger partial charge < -0.3 is 14.5 Å². The number of halogens is 1. The highest BCUT2D eigenvalue weighted by Gasteiger charge is 2.09. The summed E-state index contributed by atoms with van der Waals surface area (Å²) in [6.45, 7) is 0. The van der Waals surface area contributed by atoms with Crippen LogP contribution in [0.25, 0.3) is 32.5 Å². The van der Waals surface area contributed by atoms with Gasteiger partial charge in [-0.2, -0.15) is 0 Å². The summed E-state index contributed by atoms with van der Waals surface area (Å²) in [5, 5.41) is 5.27. The zero-order chi connectivity index (χ0) is 20.7. The van der Waals surface area contributed by atoms with Crippen molar-refractivity contribution in [2.75, 3.05) is 12.4 Å². The number of nitrogens with zero attached hydrogens (tertiary/aromatic N) is 1. The van der Waals surface area contributed by atoms with E-state index >= 15 is 0 Å². The van der Waals surface area contributed by atoms with E-state index in [9.17, 15) is 4.79 Å². The van der Waals surface area contributed by atoms with Crippen molar-refractivity contribution < 1.29 is 9.15 Å². The molecule has 30 heavy (non-hydrogen) atoms. The Balaban J connectivity index is 1.43. The van der Waals surface area contributed by atoms with Crippen molar-refractivity contribution in [1.82, 2.24) is 4.98 Å². The van der Waals surface area contributed by atoms with Gasteiger partial charge in [0.1, 0.15) is 17.1 Å². The number of hydrogen-bond donors (Lipinski definition) is 1. The molecule has 1 N–H and O–H groups in total. The molecule has 5 nitrogen and oxygen atoms in total. The first-order valence-electron chi connectivity index (χ1n) is 9.14. The summed E-state index contributed by atoms with van der Waals surface area (Å²) in [6, 6.07) is 20.0. The molecule has 7 heteroatoms. The van der Waals surface area contributed by atoms with Gasteiger partial charge in [-0.1, -0.05) is 22.9 Å². The molecule has 3 aromatic carbocycles. The predicted octanol–water partition coefficient (Wildman–Crippen LogP) is 6.48. The molecule has 5 aromatic rings. The van der Waals surface area contributed by atoms with Gasteiger partial charge in [-0.3, -0.25) is 4.79 Å². The van der Waals surface area contributed by atoms with E-state index in [2.05, 4.69) is 10.3 Å². The third-order valence-electron chi connectivity index (χ3n) is 4.71. The first kappa shape index (κ1) is 18.7. The quantitative estimate of drug-likeness (QED) is 0.351. The summed E-state index contributed by atoms with van der Waals surface area (Å²) < 4.78 is 12.1. The summed E-state index contributed by atoms with van der Waals surface area (Å²) in [5.74, 6) is 1.13. The van der Waals surface area contributed by atoms with Crippen molar-refractivity contribution in [2.24, 2.45) is 0 Å². The molecule has 2 heterocycles. The maximum absolute atomic E-state index is 12.5. The minimum Gasteiger partial charge on any atom is -0.497 e. The third kappa shape index (κ3) is 3.51. The van der Waals surface area contributed by atoms with Gasteiger partial charge in [-0.25, -0.2) is 4.98 Å². The van der Waals surface area contributed by atoms with Crippen molar-refractivity contribution >= 4 is 54.9 Å². The Hall–Kier alpha value is -3.35. The Morgan fingerprint density at radius 3 is 2.67 bits per heavy atom. The fourth-order valence-electron chi connectivity index (χ4n) is 3.20. The van der Waals surface area contributed by atoms with Crippen molar-refractivity contribution in [2.45, 2.75) is 0 Å². The highest BCUT2D eigenvalue weighted by molar-refractivity contribution is 7.22. The molecule has 0 radical (unpaired) electrons. The summed E-state index contributed by atoms with van der Waals surface area (Å²) in [5.41, 5.74) is 3.01. The van der Waals surface area contributed by atoms with E-state index in [1.54, 1.807) is 25.3 Å². The van der Waals surface area contributed by atoms with E-state index in [1.165, 1.54) is 17.4 Å². The molecule has 148 valence electrons. The number of fused-ring (bicyclic) bond motifs is 2. The zero-order valence-corrected chi connectivity index (χ0v) is 17.4. The molecule has 0 saturated heterocycles. The van der Waals surface area contributed by atoms with Crippen molar-refractivity contribution in [3.63, 3.8) is 0 Å². The number of aromatic nitrogens is 1. The topological polar surface area (TPSA) is 64.4 Å². The normalized spacial score (nSPS) is 11.1. The largest absolute Gasteiger partial charge is 0.497 e. The van der Waals surface area contributed by atoms with Crippen LogP contribution in [-0.2, 0) is 0 Å². The minimum atomic E-state index is -0.111. The molecule has 0 amide bonds. The standard InChI is InChI=1S/C23H15ClN2O3S/c1-28-16-7-9-20-17(11-16)19(27)12-21(29-20)13-2-5-15(6-3-13)25-23-26-18-8-4-14(24)10-22(18)30-23/h2-12H,1H3,(H,25,26). The van der Waals surface area contributed by atoms with Crippen molar-refractivity contribution in [1.29, 1.82) is 0 Å². The average molecular weight is 435 g/mol. The van der Waals surface area contributed by atoms with Crippen LogP contribution in [-0.4, -0.2) is 12.1 Å². The van der Waals surface area contributed by atoms with Gasteiger partial charge in [0.05, 0.1) is 22.7 Å². The first-order chi connectivity index (χ1) is 14.6. The maximum Gasteiger partial charge on any atom is 0.193 e. The minimum absolute atomic E-state index is 0.111. The lowest BCUT2D eigenvalue weighted by atomic mass is 10.1. The van der Waals surface area contributed by atoms with E-state index in [4.69, 9.17) is 20.8 Å². The van der Waals surface area contributed by atoms with Crippen LogP contribution in [0.4, 0.5) is 10.8 Å². The molecule has 0 aliphatic carbocycles. The van der Waals surface area contributed by atoms with E-state index in [0.717, 1.165) is 26.6 Å². The number of nitrogens with one attached hydrogen (secondary N) is 1. The van der Waals surface area contributed by atoms with Crippen LogP contribution < -0.4 is 15.5 Å². The van der Waals surface area contributed by atoms with Gasteiger partial charge in [-0.05, 0) is 60.7 Å². The molecular weight excluding hydrogens is 420 g/mol. The second kappa shape index (κ2) is 7.48. The molecular formula is C23H15ClN2O3S. The van der Waals surface area contributed by atoms with Gasteiger partial charge in [0.25, 0.3) is 0 Å².